The second-order valence-corrected chi connectivity index (χ2v) is 2.56. The quantitative estimate of drug-likeness (QED) is 0.760. The number of likely N-dealkylation sites (N-methyl/N-ethyl adjacent to an activating group) is 1. The van der Waals surface area contributed by atoms with E-state index in [9.17, 15) is 9.59 Å². The number of nitrogens with one attached hydrogen (secondary N) is 1. The van der Waals surface area contributed by atoms with Gasteiger partial charge in [-0.25, -0.2) is 4.79 Å². The van der Waals surface area contributed by atoms with Gasteiger partial charge in [-0.2, -0.15) is 5.10 Å². The second kappa shape index (κ2) is 7.44. The van der Waals surface area contributed by atoms with Crippen molar-refractivity contribution in [3.63, 3.8) is 0 Å². The summed E-state index contributed by atoms with van der Waals surface area (Å²) in [5, 5.41) is 6.30. The van der Waals surface area contributed by atoms with E-state index in [2.05, 4.69) is 15.2 Å². The SMILES string of the molecule is CC.CNC(=O)Cn1ccc(C(=O)OC)n1. The number of hydrogen-bond donors (Lipinski definition) is 1. The first kappa shape index (κ1) is 14.2. The highest BCUT2D eigenvalue weighted by atomic mass is 16.5. The summed E-state index contributed by atoms with van der Waals surface area (Å²) < 4.78 is 5.83. The Morgan fingerprint density at radius 2 is 2.12 bits per heavy atom. The molecule has 1 heterocycles. The molecule has 6 nitrogen and oxygen atoms in total. The molecule has 0 saturated carbocycles. The first-order valence-electron chi connectivity index (χ1n) is 4.99. The lowest BCUT2D eigenvalue weighted by atomic mass is 10.4. The maximum absolute atomic E-state index is 11.0. The Labute approximate surface area is 94.6 Å². The average molecular weight is 227 g/mol. The summed E-state index contributed by atoms with van der Waals surface area (Å²) in [6.07, 6.45) is 1.54. The van der Waals surface area contributed by atoms with Gasteiger partial charge in [0.2, 0.25) is 5.91 Å². The first-order valence-corrected chi connectivity index (χ1v) is 4.99. The van der Waals surface area contributed by atoms with Crippen LogP contribution in [0.3, 0.4) is 0 Å². The Hall–Kier alpha value is -1.85. The lowest BCUT2D eigenvalue weighted by Gasteiger charge is -1.98. The number of nitrogens with zero attached hydrogens (tertiary/aromatic N) is 2. The standard InChI is InChI=1S/C8H11N3O3.C2H6/c1-9-7(12)5-11-4-3-6(10-11)8(13)14-2;1-2/h3-4H,5H2,1-2H3,(H,9,12);1-2H3. The van der Waals surface area contributed by atoms with Crippen molar-refractivity contribution in [1.82, 2.24) is 15.1 Å². The summed E-state index contributed by atoms with van der Waals surface area (Å²) in [5.41, 5.74) is 0.191. The third-order valence-corrected chi connectivity index (χ3v) is 1.62. The molecule has 0 aliphatic carbocycles. The Bertz CT molecular complexity index is 347. The van der Waals surface area contributed by atoms with Crippen LogP contribution < -0.4 is 5.32 Å². The Balaban J connectivity index is 0.00000106. The number of hydrogen-bond acceptors (Lipinski definition) is 4. The zero-order chi connectivity index (χ0) is 12.6. The van der Waals surface area contributed by atoms with Gasteiger partial charge in [-0.1, -0.05) is 13.8 Å². The number of ether oxygens (including phenoxy) is 1. The van der Waals surface area contributed by atoms with E-state index < -0.39 is 5.97 Å². The van der Waals surface area contributed by atoms with Crippen molar-refractivity contribution in [2.24, 2.45) is 0 Å². The summed E-state index contributed by atoms with van der Waals surface area (Å²) in [6, 6.07) is 1.49. The highest BCUT2D eigenvalue weighted by Crippen LogP contribution is 1.97. The van der Waals surface area contributed by atoms with Crippen LogP contribution >= 0.6 is 0 Å². The minimum atomic E-state index is -0.513. The molecular weight excluding hydrogens is 210 g/mol. The third kappa shape index (κ3) is 4.12. The van der Waals surface area contributed by atoms with Gasteiger partial charge in [-0.3, -0.25) is 9.48 Å². The van der Waals surface area contributed by atoms with Gasteiger partial charge in [0.05, 0.1) is 7.11 Å². The topological polar surface area (TPSA) is 73.2 Å². The van der Waals surface area contributed by atoms with Crippen molar-refractivity contribution in [1.29, 1.82) is 0 Å². The van der Waals surface area contributed by atoms with Crippen molar-refractivity contribution < 1.29 is 14.3 Å². The predicted octanol–water partition coefficient (Wildman–Crippen LogP) is 0.442. The molecule has 1 aromatic rings. The zero-order valence-electron chi connectivity index (χ0n) is 9.98. The van der Waals surface area contributed by atoms with Crippen LogP contribution in [0.4, 0.5) is 0 Å². The normalized spacial score (nSPS) is 8.75. The van der Waals surface area contributed by atoms with E-state index in [0.29, 0.717) is 0 Å². The molecule has 1 aromatic heterocycles. The largest absolute Gasteiger partial charge is 0.464 e. The summed E-state index contributed by atoms with van der Waals surface area (Å²) in [7, 11) is 2.81. The van der Waals surface area contributed by atoms with Gasteiger partial charge in [0, 0.05) is 13.2 Å². The van der Waals surface area contributed by atoms with Crippen LogP contribution in [0.2, 0.25) is 0 Å². The molecule has 0 atom stereocenters. The van der Waals surface area contributed by atoms with E-state index in [1.54, 1.807) is 6.20 Å². The van der Waals surface area contributed by atoms with Crippen LogP contribution in [-0.2, 0) is 16.1 Å². The van der Waals surface area contributed by atoms with Gasteiger partial charge in [0.15, 0.2) is 5.69 Å². The molecule has 0 bridgehead atoms. The fraction of sp³-hybridized carbons (Fsp3) is 0.500. The van der Waals surface area contributed by atoms with E-state index in [1.807, 2.05) is 13.8 Å². The molecule has 1 rings (SSSR count). The van der Waals surface area contributed by atoms with Gasteiger partial charge in [-0.05, 0) is 6.07 Å². The number of esters is 1. The molecule has 0 saturated heterocycles. The predicted molar refractivity (Wildman–Crippen MR) is 59.0 cm³/mol. The third-order valence-electron chi connectivity index (χ3n) is 1.62. The number of carbonyl (C=O) groups excluding carboxylic acids is 2. The van der Waals surface area contributed by atoms with Crippen molar-refractivity contribution in [3.05, 3.63) is 18.0 Å². The highest BCUT2D eigenvalue weighted by Gasteiger charge is 2.09. The minimum absolute atomic E-state index is 0.0908. The smallest absolute Gasteiger partial charge is 0.358 e. The molecular formula is C10H17N3O3. The maximum Gasteiger partial charge on any atom is 0.358 e. The minimum Gasteiger partial charge on any atom is -0.464 e. The number of carbonyl (C=O) groups is 2. The van der Waals surface area contributed by atoms with E-state index in [-0.39, 0.29) is 18.1 Å². The van der Waals surface area contributed by atoms with Crippen molar-refractivity contribution in [3.8, 4) is 0 Å². The van der Waals surface area contributed by atoms with Crippen LogP contribution in [-0.4, -0.2) is 35.8 Å². The number of aromatic nitrogens is 2. The molecule has 1 N–H and O–H groups in total. The fourth-order valence-electron chi connectivity index (χ4n) is 0.889. The molecule has 1 amide bonds. The van der Waals surface area contributed by atoms with Crippen molar-refractivity contribution in [2.75, 3.05) is 14.2 Å². The van der Waals surface area contributed by atoms with Gasteiger partial charge in [-0.15, -0.1) is 0 Å². The molecule has 0 spiro atoms. The number of rotatable bonds is 3. The summed E-state index contributed by atoms with van der Waals surface area (Å²) in [5.74, 6) is -0.690. The molecule has 0 radical (unpaired) electrons. The number of methoxy groups -OCH3 is 1. The lowest BCUT2D eigenvalue weighted by molar-refractivity contribution is -0.121. The highest BCUT2D eigenvalue weighted by molar-refractivity contribution is 5.87. The van der Waals surface area contributed by atoms with Crippen molar-refractivity contribution in [2.45, 2.75) is 20.4 Å². The number of amides is 1. The fourth-order valence-corrected chi connectivity index (χ4v) is 0.889. The van der Waals surface area contributed by atoms with Crippen LogP contribution in [0.1, 0.15) is 24.3 Å². The zero-order valence-corrected chi connectivity index (χ0v) is 9.98. The summed E-state index contributed by atoms with van der Waals surface area (Å²) in [4.78, 5) is 21.9. The average Bonchev–Trinajstić information content (AvgIpc) is 2.79. The molecule has 0 aromatic carbocycles. The van der Waals surface area contributed by atoms with Crippen molar-refractivity contribution >= 4 is 11.9 Å². The van der Waals surface area contributed by atoms with Crippen LogP contribution in [0, 0.1) is 0 Å². The van der Waals surface area contributed by atoms with Gasteiger partial charge in [0.1, 0.15) is 6.54 Å². The monoisotopic (exact) mass is 227 g/mol. The van der Waals surface area contributed by atoms with Crippen LogP contribution in [0.15, 0.2) is 12.3 Å². The van der Waals surface area contributed by atoms with E-state index in [0.717, 1.165) is 0 Å². The maximum atomic E-state index is 11.0. The van der Waals surface area contributed by atoms with Gasteiger partial charge in [0.25, 0.3) is 0 Å². The second-order valence-electron chi connectivity index (χ2n) is 2.56. The molecule has 0 aliphatic heterocycles. The molecule has 90 valence electrons. The molecule has 0 fully saturated rings. The molecule has 0 aliphatic rings. The van der Waals surface area contributed by atoms with Crippen LogP contribution in [0.5, 0.6) is 0 Å². The summed E-state index contributed by atoms with van der Waals surface area (Å²) in [6.45, 7) is 4.09. The lowest BCUT2D eigenvalue weighted by Crippen LogP contribution is -2.23. The van der Waals surface area contributed by atoms with E-state index in [4.69, 9.17) is 0 Å². The Morgan fingerprint density at radius 3 is 2.62 bits per heavy atom. The van der Waals surface area contributed by atoms with Gasteiger partial charge >= 0.3 is 5.97 Å². The van der Waals surface area contributed by atoms with Crippen LogP contribution in [0.25, 0.3) is 0 Å². The van der Waals surface area contributed by atoms with E-state index in [1.165, 1.54) is 24.9 Å². The first-order chi connectivity index (χ1) is 7.67. The molecule has 16 heavy (non-hydrogen) atoms. The van der Waals surface area contributed by atoms with E-state index >= 15 is 0 Å². The molecule has 0 unspecified atom stereocenters. The molecule has 6 heteroatoms. The Morgan fingerprint density at radius 1 is 1.50 bits per heavy atom. The Kier molecular flexibility index (Phi) is 6.58. The van der Waals surface area contributed by atoms with Gasteiger partial charge < -0.3 is 10.1 Å². The summed E-state index contributed by atoms with van der Waals surface area (Å²) >= 11 is 0.